The first-order valence-electron chi connectivity index (χ1n) is 5.52. The van der Waals surface area contributed by atoms with Crippen LogP contribution in [0.2, 0.25) is 0 Å². The van der Waals surface area contributed by atoms with Crippen molar-refractivity contribution in [3.63, 3.8) is 0 Å². The van der Waals surface area contributed by atoms with E-state index >= 15 is 0 Å². The minimum absolute atomic E-state index is 0.682. The van der Waals surface area contributed by atoms with Crippen molar-refractivity contribution < 1.29 is 0 Å². The predicted octanol–water partition coefficient (Wildman–Crippen LogP) is 2.25. The summed E-state index contributed by atoms with van der Waals surface area (Å²) >= 11 is 0. The summed E-state index contributed by atoms with van der Waals surface area (Å²) in [6.07, 6.45) is 2.69. The SMILES string of the molecule is c1ccc2c(c1)NCCN1CCCC21. The zero-order valence-corrected chi connectivity index (χ0v) is 8.37. The van der Waals surface area contributed by atoms with Gasteiger partial charge < -0.3 is 5.32 Å². The lowest BCUT2D eigenvalue weighted by Crippen LogP contribution is -2.25. The van der Waals surface area contributed by atoms with Crippen molar-refractivity contribution in [1.29, 1.82) is 0 Å². The first kappa shape index (κ1) is 8.30. The second-order valence-corrected chi connectivity index (χ2v) is 4.21. The Bertz CT molecular complexity index is 335. The Kier molecular flexibility index (Phi) is 1.95. The monoisotopic (exact) mass is 188 g/mol. The Hall–Kier alpha value is -1.02. The molecule has 0 spiro atoms. The van der Waals surface area contributed by atoms with E-state index in [-0.39, 0.29) is 0 Å². The average Bonchev–Trinajstić information content (AvgIpc) is 2.61. The van der Waals surface area contributed by atoms with Crippen molar-refractivity contribution in [2.45, 2.75) is 18.9 Å². The summed E-state index contributed by atoms with van der Waals surface area (Å²) in [6.45, 7) is 3.56. The highest BCUT2D eigenvalue weighted by Crippen LogP contribution is 2.36. The van der Waals surface area contributed by atoms with Crippen LogP contribution in [-0.4, -0.2) is 24.5 Å². The molecular formula is C12H16N2. The minimum atomic E-state index is 0.682. The molecule has 1 unspecified atom stereocenters. The Balaban J connectivity index is 2.04. The standard InChI is InChI=1S/C12H16N2/c1-2-5-11-10(4-1)12-6-3-8-14(12)9-7-13-11/h1-2,4-5,12-13H,3,6-9H2. The summed E-state index contributed by atoms with van der Waals surface area (Å²) in [5, 5.41) is 3.51. The third-order valence-electron chi connectivity index (χ3n) is 3.40. The molecule has 2 heteroatoms. The van der Waals surface area contributed by atoms with Gasteiger partial charge in [0.05, 0.1) is 0 Å². The second kappa shape index (κ2) is 3.28. The summed E-state index contributed by atoms with van der Waals surface area (Å²) in [6, 6.07) is 9.44. The fourth-order valence-corrected chi connectivity index (χ4v) is 2.73. The number of nitrogens with zero attached hydrogens (tertiary/aromatic N) is 1. The number of hydrogen-bond donors (Lipinski definition) is 1. The van der Waals surface area contributed by atoms with Crippen molar-refractivity contribution in [1.82, 2.24) is 4.90 Å². The van der Waals surface area contributed by atoms with Gasteiger partial charge in [0.15, 0.2) is 0 Å². The van der Waals surface area contributed by atoms with Crippen LogP contribution < -0.4 is 5.32 Å². The van der Waals surface area contributed by atoms with Crippen molar-refractivity contribution in [3.8, 4) is 0 Å². The molecule has 1 aromatic carbocycles. The Morgan fingerprint density at radius 3 is 3.14 bits per heavy atom. The number of rotatable bonds is 0. The lowest BCUT2D eigenvalue weighted by Gasteiger charge is -2.21. The molecule has 2 heterocycles. The van der Waals surface area contributed by atoms with Gasteiger partial charge >= 0.3 is 0 Å². The predicted molar refractivity (Wildman–Crippen MR) is 58.5 cm³/mol. The van der Waals surface area contributed by atoms with Crippen LogP contribution in [-0.2, 0) is 0 Å². The maximum absolute atomic E-state index is 3.51. The van der Waals surface area contributed by atoms with E-state index in [0.29, 0.717) is 6.04 Å². The highest BCUT2D eigenvalue weighted by Gasteiger charge is 2.28. The van der Waals surface area contributed by atoms with Crippen molar-refractivity contribution >= 4 is 5.69 Å². The number of nitrogens with one attached hydrogen (secondary N) is 1. The van der Waals surface area contributed by atoms with Crippen LogP contribution in [0.4, 0.5) is 5.69 Å². The molecule has 0 aromatic heterocycles. The van der Waals surface area contributed by atoms with Gasteiger partial charge in [-0.2, -0.15) is 0 Å². The molecule has 2 nitrogen and oxygen atoms in total. The molecule has 3 rings (SSSR count). The van der Waals surface area contributed by atoms with Crippen LogP contribution in [0.5, 0.6) is 0 Å². The molecule has 1 saturated heterocycles. The third kappa shape index (κ3) is 1.22. The van der Waals surface area contributed by atoms with Gasteiger partial charge in [-0.3, -0.25) is 4.90 Å². The van der Waals surface area contributed by atoms with Gasteiger partial charge in [0.25, 0.3) is 0 Å². The zero-order chi connectivity index (χ0) is 9.38. The van der Waals surface area contributed by atoms with Crippen LogP contribution in [0.25, 0.3) is 0 Å². The number of hydrogen-bond acceptors (Lipinski definition) is 2. The van der Waals surface area contributed by atoms with Crippen LogP contribution in [0.3, 0.4) is 0 Å². The first-order chi connectivity index (χ1) is 6.95. The van der Waals surface area contributed by atoms with Gasteiger partial charge in [-0.05, 0) is 31.0 Å². The van der Waals surface area contributed by atoms with Gasteiger partial charge in [0.2, 0.25) is 0 Å². The fraction of sp³-hybridized carbons (Fsp3) is 0.500. The van der Waals surface area contributed by atoms with Crippen LogP contribution in [0.15, 0.2) is 24.3 Å². The maximum Gasteiger partial charge on any atom is 0.0389 e. The lowest BCUT2D eigenvalue weighted by atomic mass is 10.0. The normalized spacial score (nSPS) is 26.1. The summed E-state index contributed by atoms with van der Waals surface area (Å²) in [5.74, 6) is 0. The Morgan fingerprint density at radius 2 is 2.14 bits per heavy atom. The zero-order valence-electron chi connectivity index (χ0n) is 8.37. The van der Waals surface area contributed by atoms with Gasteiger partial charge in [-0.15, -0.1) is 0 Å². The Labute approximate surface area is 84.9 Å². The largest absolute Gasteiger partial charge is 0.383 e. The Morgan fingerprint density at radius 1 is 1.21 bits per heavy atom. The second-order valence-electron chi connectivity index (χ2n) is 4.21. The molecule has 0 amide bonds. The van der Waals surface area contributed by atoms with E-state index in [1.54, 1.807) is 0 Å². The van der Waals surface area contributed by atoms with Crippen LogP contribution in [0, 0.1) is 0 Å². The molecule has 1 atom stereocenters. The average molecular weight is 188 g/mol. The summed E-state index contributed by atoms with van der Waals surface area (Å²) in [4.78, 5) is 2.61. The first-order valence-corrected chi connectivity index (χ1v) is 5.52. The molecule has 14 heavy (non-hydrogen) atoms. The molecule has 0 radical (unpaired) electrons. The van der Waals surface area contributed by atoms with Crippen molar-refractivity contribution in [2.24, 2.45) is 0 Å². The molecular weight excluding hydrogens is 172 g/mol. The number of fused-ring (bicyclic) bond motifs is 3. The van der Waals surface area contributed by atoms with E-state index in [4.69, 9.17) is 0 Å². The molecule has 1 N–H and O–H groups in total. The molecule has 0 bridgehead atoms. The summed E-state index contributed by atoms with van der Waals surface area (Å²) < 4.78 is 0. The number of para-hydroxylation sites is 1. The van der Waals surface area contributed by atoms with Gasteiger partial charge in [-0.25, -0.2) is 0 Å². The van der Waals surface area contributed by atoms with E-state index < -0.39 is 0 Å². The van der Waals surface area contributed by atoms with E-state index in [0.717, 1.165) is 6.54 Å². The quantitative estimate of drug-likeness (QED) is 0.671. The van der Waals surface area contributed by atoms with Gasteiger partial charge in [-0.1, -0.05) is 18.2 Å². The molecule has 1 aromatic rings. The van der Waals surface area contributed by atoms with E-state index in [2.05, 4.69) is 34.5 Å². The summed E-state index contributed by atoms with van der Waals surface area (Å²) in [5.41, 5.74) is 2.85. The topological polar surface area (TPSA) is 15.3 Å². The number of anilines is 1. The molecule has 74 valence electrons. The number of benzene rings is 1. The molecule has 2 aliphatic heterocycles. The van der Waals surface area contributed by atoms with Crippen LogP contribution >= 0.6 is 0 Å². The third-order valence-corrected chi connectivity index (χ3v) is 3.40. The molecule has 1 fully saturated rings. The van der Waals surface area contributed by atoms with Crippen molar-refractivity contribution in [3.05, 3.63) is 29.8 Å². The van der Waals surface area contributed by atoms with Gasteiger partial charge in [0, 0.05) is 24.8 Å². The fourth-order valence-electron chi connectivity index (χ4n) is 2.73. The smallest absolute Gasteiger partial charge is 0.0389 e. The molecule has 0 aliphatic carbocycles. The molecule has 0 saturated carbocycles. The van der Waals surface area contributed by atoms with E-state index in [9.17, 15) is 0 Å². The maximum atomic E-state index is 3.51. The highest BCUT2D eigenvalue weighted by atomic mass is 15.2. The van der Waals surface area contributed by atoms with E-state index in [1.165, 1.54) is 37.2 Å². The molecule has 2 aliphatic rings. The minimum Gasteiger partial charge on any atom is -0.383 e. The van der Waals surface area contributed by atoms with Gasteiger partial charge in [0.1, 0.15) is 0 Å². The summed E-state index contributed by atoms with van der Waals surface area (Å²) in [7, 11) is 0. The van der Waals surface area contributed by atoms with Crippen molar-refractivity contribution in [2.75, 3.05) is 25.0 Å². The lowest BCUT2D eigenvalue weighted by molar-refractivity contribution is 0.273. The van der Waals surface area contributed by atoms with E-state index in [1.807, 2.05) is 0 Å². The highest BCUT2D eigenvalue weighted by molar-refractivity contribution is 5.53. The van der Waals surface area contributed by atoms with Crippen LogP contribution in [0.1, 0.15) is 24.4 Å².